The minimum absolute atomic E-state index is 0.130. The van der Waals surface area contributed by atoms with Crippen molar-refractivity contribution in [3.63, 3.8) is 0 Å². The molecule has 0 bridgehead atoms. The van der Waals surface area contributed by atoms with E-state index in [1.54, 1.807) is 0 Å². The molecular formula is C14H20N2O. The number of amides is 1. The highest BCUT2D eigenvalue weighted by Crippen LogP contribution is 2.30. The maximum absolute atomic E-state index is 11.9. The average Bonchev–Trinajstić information content (AvgIpc) is 2.17. The minimum Gasteiger partial charge on any atom is -0.399 e. The van der Waals surface area contributed by atoms with Crippen molar-refractivity contribution in [1.29, 1.82) is 0 Å². The molecule has 0 heterocycles. The Morgan fingerprint density at radius 1 is 1.35 bits per heavy atom. The van der Waals surface area contributed by atoms with Gasteiger partial charge in [-0.1, -0.05) is 6.42 Å². The van der Waals surface area contributed by atoms with E-state index >= 15 is 0 Å². The van der Waals surface area contributed by atoms with E-state index in [9.17, 15) is 4.79 Å². The molecule has 3 N–H and O–H groups in total. The molecule has 2 rings (SSSR count). The second-order valence-corrected chi connectivity index (χ2v) is 5.08. The summed E-state index contributed by atoms with van der Waals surface area (Å²) in [6.45, 7) is 3.95. The summed E-state index contributed by atoms with van der Waals surface area (Å²) < 4.78 is 0. The summed E-state index contributed by atoms with van der Waals surface area (Å²) in [4.78, 5) is 11.9. The number of aryl methyl sites for hydroxylation is 2. The van der Waals surface area contributed by atoms with E-state index in [-0.39, 0.29) is 5.91 Å². The van der Waals surface area contributed by atoms with Gasteiger partial charge >= 0.3 is 0 Å². The first kappa shape index (κ1) is 12.0. The molecule has 0 atom stereocenters. The fraction of sp³-hybridized carbons (Fsp3) is 0.500. The number of benzene rings is 1. The molecular weight excluding hydrogens is 212 g/mol. The molecule has 0 spiro atoms. The summed E-state index contributed by atoms with van der Waals surface area (Å²) in [5.41, 5.74) is 9.49. The molecule has 1 saturated carbocycles. The van der Waals surface area contributed by atoms with E-state index in [0.29, 0.717) is 12.3 Å². The van der Waals surface area contributed by atoms with Crippen LogP contribution in [-0.4, -0.2) is 5.91 Å². The van der Waals surface area contributed by atoms with Gasteiger partial charge in [-0.05, 0) is 55.9 Å². The predicted octanol–water partition coefficient (Wildman–Crippen LogP) is 3.01. The van der Waals surface area contributed by atoms with Crippen molar-refractivity contribution >= 4 is 17.3 Å². The van der Waals surface area contributed by atoms with Crippen LogP contribution in [0.25, 0.3) is 0 Å². The van der Waals surface area contributed by atoms with Gasteiger partial charge < -0.3 is 11.1 Å². The molecule has 0 unspecified atom stereocenters. The lowest BCUT2D eigenvalue weighted by Gasteiger charge is -2.24. The number of nitrogens with two attached hydrogens (primary N) is 1. The number of carbonyl (C=O) groups excluding carboxylic acids is 1. The smallest absolute Gasteiger partial charge is 0.224 e. The quantitative estimate of drug-likeness (QED) is 0.787. The SMILES string of the molecule is Cc1cc(N)cc(C)c1NC(=O)CC1CCC1. The zero-order valence-corrected chi connectivity index (χ0v) is 10.5. The van der Waals surface area contributed by atoms with Crippen molar-refractivity contribution in [2.75, 3.05) is 11.1 Å². The van der Waals surface area contributed by atoms with Crippen LogP contribution in [0.4, 0.5) is 11.4 Å². The molecule has 1 amide bonds. The summed E-state index contributed by atoms with van der Waals surface area (Å²) in [5, 5.41) is 3.01. The first-order valence-electron chi connectivity index (χ1n) is 6.23. The maximum Gasteiger partial charge on any atom is 0.224 e. The van der Waals surface area contributed by atoms with Gasteiger partial charge in [-0.3, -0.25) is 4.79 Å². The summed E-state index contributed by atoms with van der Waals surface area (Å²) in [6.07, 6.45) is 4.33. The number of rotatable bonds is 3. The fourth-order valence-corrected chi connectivity index (χ4v) is 2.34. The van der Waals surface area contributed by atoms with Crippen molar-refractivity contribution in [3.8, 4) is 0 Å². The standard InChI is InChI=1S/C14H20N2O/c1-9-6-12(15)7-10(2)14(9)16-13(17)8-11-4-3-5-11/h6-7,11H,3-5,8,15H2,1-2H3,(H,16,17). The second kappa shape index (κ2) is 4.78. The molecule has 0 radical (unpaired) electrons. The van der Waals surface area contributed by atoms with Crippen molar-refractivity contribution in [1.82, 2.24) is 0 Å². The van der Waals surface area contributed by atoms with Crippen LogP contribution in [0.5, 0.6) is 0 Å². The Bertz CT molecular complexity index is 413. The Kier molecular flexibility index (Phi) is 3.36. The monoisotopic (exact) mass is 232 g/mol. The van der Waals surface area contributed by atoms with Gasteiger partial charge in [0, 0.05) is 17.8 Å². The van der Waals surface area contributed by atoms with Crippen LogP contribution >= 0.6 is 0 Å². The van der Waals surface area contributed by atoms with Crippen LogP contribution < -0.4 is 11.1 Å². The van der Waals surface area contributed by atoms with Crippen LogP contribution in [0.15, 0.2) is 12.1 Å². The minimum atomic E-state index is 0.130. The molecule has 1 aliphatic carbocycles. The van der Waals surface area contributed by atoms with Crippen molar-refractivity contribution in [2.24, 2.45) is 5.92 Å². The largest absolute Gasteiger partial charge is 0.399 e. The molecule has 3 heteroatoms. The summed E-state index contributed by atoms with van der Waals surface area (Å²) >= 11 is 0. The number of nitrogens with one attached hydrogen (secondary N) is 1. The van der Waals surface area contributed by atoms with E-state index in [0.717, 1.165) is 22.5 Å². The van der Waals surface area contributed by atoms with E-state index in [4.69, 9.17) is 5.73 Å². The number of hydrogen-bond acceptors (Lipinski definition) is 2. The number of anilines is 2. The predicted molar refractivity (Wildman–Crippen MR) is 70.9 cm³/mol. The zero-order valence-electron chi connectivity index (χ0n) is 10.5. The topological polar surface area (TPSA) is 55.1 Å². The number of carbonyl (C=O) groups is 1. The van der Waals surface area contributed by atoms with Crippen LogP contribution in [0, 0.1) is 19.8 Å². The van der Waals surface area contributed by atoms with Crippen molar-refractivity contribution in [2.45, 2.75) is 39.5 Å². The average molecular weight is 232 g/mol. The summed E-state index contributed by atoms with van der Waals surface area (Å²) in [5.74, 6) is 0.732. The lowest BCUT2D eigenvalue weighted by Crippen LogP contribution is -2.21. The summed E-state index contributed by atoms with van der Waals surface area (Å²) in [7, 11) is 0. The van der Waals surface area contributed by atoms with Crippen LogP contribution in [0.3, 0.4) is 0 Å². The molecule has 17 heavy (non-hydrogen) atoms. The van der Waals surface area contributed by atoms with Gasteiger partial charge in [0.1, 0.15) is 0 Å². The molecule has 0 aromatic heterocycles. The van der Waals surface area contributed by atoms with Gasteiger partial charge in [-0.2, -0.15) is 0 Å². The molecule has 1 aliphatic rings. The highest BCUT2D eigenvalue weighted by Gasteiger charge is 2.21. The lowest BCUT2D eigenvalue weighted by molar-refractivity contribution is -0.117. The third kappa shape index (κ3) is 2.78. The molecule has 0 aliphatic heterocycles. The fourth-order valence-electron chi connectivity index (χ4n) is 2.34. The second-order valence-electron chi connectivity index (χ2n) is 5.08. The molecule has 1 aromatic carbocycles. The number of nitrogen functional groups attached to an aromatic ring is 1. The Morgan fingerprint density at radius 3 is 2.41 bits per heavy atom. The Labute approximate surface area is 102 Å². The Balaban J connectivity index is 2.04. The van der Waals surface area contributed by atoms with Gasteiger partial charge in [0.25, 0.3) is 0 Å². The zero-order chi connectivity index (χ0) is 12.4. The Morgan fingerprint density at radius 2 is 1.94 bits per heavy atom. The van der Waals surface area contributed by atoms with E-state index in [1.165, 1.54) is 19.3 Å². The highest BCUT2D eigenvalue weighted by molar-refractivity contribution is 5.92. The third-order valence-corrected chi connectivity index (χ3v) is 3.52. The maximum atomic E-state index is 11.9. The molecule has 1 aromatic rings. The van der Waals surface area contributed by atoms with Gasteiger partial charge in [0.15, 0.2) is 0 Å². The van der Waals surface area contributed by atoms with Gasteiger partial charge in [-0.25, -0.2) is 0 Å². The van der Waals surface area contributed by atoms with Crippen molar-refractivity contribution in [3.05, 3.63) is 23.3 Å². The van der Waals surface area contributed by atoms with E-state index in [1.807, 2.05) is 26.0 Å². The molecule has 0 saturated heterocycles. The molecule has 3 nitrogen and oxygen atoms in total. The lowest BCUT2D eigenvalue weighted by atomic mass is 9.83. The van der Waals surface area contributed by atoms with Gasteiger partial charge in [0.05, 0.1) is 0 Å². The van der Waals surface area contributed by atoms with Crippen molar-refractivity contribution < 1.29 is 4.79 Å². The number of hydrogen-bond donors (Lipinski definition) is 2. The first-order valence-corrected chi connectivity index (χ1v) is 6.23. The highest BCUT2D eigenvalue weighted by atomic mass is 16.1. The van der Waals surface area contributed by atoms with Gasteiger partial charge in [-0.15, -0.1) is 0 Å². The van der Waals surface area contributed by atoms with E-state index in [2.05, 4.69) is 5.32 Å². The normalized spacial score (nSPS) is 15.4. The van der Waals surface area contributed by atoms with Crippen LogP contribution in [0.2, 0.25) is 0 Å². The Hall–Kier alpha value is -1.51. The summed E-state index contributed by atoms with van der Waals surface area (Å²) in [6, 6.07) is 3.79. The molecule has 92 valence electrons. The van der Waals surface area contributed by atoms with E-state index < -0.39 is 0 Å². The third-order valence-electron chi connectivity index (χ3n) is 3.52. The first-order chi connectivity index (χ1) is 8.06. The van der Waals surface area contributed by atoms with Crippen LogP contribution in [0.1, 0.15) is 36.8 Å². The van der Waals surface area contributed by atoms with Crippen LogP contribution in [-0.2, 0) is 4.79 Å². The van der Waals surface area contributed by atoms with Gasteiger partial charge in [0.2, 0.25) is 5.91 Å². The molecule has 1 fully saturated rings.